The number of hydrogen-bond donors (Lipinski definition) is 3. The van der Waals surface area contributed by atoms with Crippen LogP contribution in [0.5, 0.6) is 0 Å². The molecule has 0 spiro atoms. The molecule has 2 amide bonds. The maximum atomic E-state index is 12.9. The van der Waals surface area contributed by atoms with Gasteiger partial charge in [-0.2, -0.15) is 0 Å². The van der Waals surface area contributed by atoms with Crippen LogP contribution in [0.4, 0.5) is 11.5 Å². The highest BCUT2D eigenvalue weighted by Crippen LogP contribution is 2.30. The van der Waals surface area contributed by atoms with Gasteiger partial charge in [-0.3, -0.25) is 14.4 Å². The van der Waals surface area contributed by atoms with Crippen LogP contribution in [-0.2, 0) is 16.0 Å². The topological polar surface area (TPSA) is 104 Å². The molecule has 1 aromatic heterocycles. The number of aryl methyl sites for hydroxylation is 2. The highest BCUT2D eigenvalue weighted by Gasteiger charge is 2.34. The van der Waals surface area contributed by atoms with Crippen LogP contribution in [0, 0.1) is 6.92 Å². The van der Waals surface area contributed by atoms with Crippen molar-refractivity contribution < 1.29 is 9.59 Å². The van der Waals surface area contributed by atoms with Gasteiger partial charge in [0.15, 0.2) is 5.16 Å². The van der Waals surface area contributed by atoms with Crippen molar-refractivity contribution in [1.29, 1.82) is 0 Å². The van der Waals surface area contributed by atoms with Gasteiger partial charge in [-0.1, -0.05) is 60.3 Å². The van der Waals surface area contributed by atoms with Crippen LogP contribution in [0.25, 0.3) is 0 Å². The number of amides is 2. The van der Waals surface area contributed by atoms with Crippen LogP contribution in [0.1, 0.15) is 29.0 Å². The number of H-pyrrole nitrogens is 1. The van der Waals surface area contributed by atoms with Gasteiger partial charge >= 0.3 is 0 Å². The van der Waals surface area contributed by atoms with E-state index >= 15 is 0 Å². The standard InChI is InChI=1S/C23H22N4O3S/c1-14-7-5-6-10-17(14)24-21(29)16-13-18(28)25-20-19(16)22(30)27-23(26-20)31-12-11-15-8-3-2-4-9-15/h2-10,16H,11-13H2,1H3,(H,24,29)(H2,25,26,27,28,30). The molecule has 4 rings (SSSR count). The molecule has 158 valence electrons. The van der Waals surface area contributed by atoms with Crippen molar-refractivity contribution in [2.75, 3.05) is 16.4 Å². The first-order chi connectivity index (χ1) is 15.0. The lowest BCUT2D eigenvalue weighted by molar-refractivity contribution is -0.123. The number of hydrogen-bond acceptors (Lipinski definition) is 5. The van der Waals surface area contributed by atoms with Crippen LogP contribution in [-0.4, -0.2) is 27.5 Å². The summed E-state index contributed by atoms with van der Waals surface area (Å²) in [5, 5.41) is 5.89. The molecule has 2 aromatic carbocycles. The van der Waals surface area contributed by atoms with E-state index < -0.39 is 17.4 Å². The van der Waals surface area contributed by atoms with Gasteiger partial charge in [0.2, 0.25) is 11.8 Å². The Morgan fingerprint density at radius 2 is 1.87 bits per heavy atom. The van der Waals surface area contributed by atoms with Gasteiger partial charge in [-0.05, 0) is 30.5 Å². The number of nitrogens with one attached hydrogen (secondary N) is 3. The van der Waals surface area contributed by atoms with E-state index in [2.05, 4.69) is 20.6 Å². The Morgan fingerprint density at radius 1 is 1.13 bits per heavy atom. The first-order valence-corrected chi connectivity index (χ1v) is 11.0. The molecule has 0 aliphatic carbocycles. The fraction of sp³-hybridized carbons (Fsp3) is 0.217. The summed E-state index contributed by atoms with van der Waals surface area (Å²) in [5.41, 5.74) is 2.53. The Hall–Kier alpha value is -3.39. The van der Waals surface area contributed by atoms with Gasteiger partial charge in [0, 0.05) is 17.9 Å². The molecule has 2 heterocycles. The summed E-state index contributed by atoms with van der Waals surface area (Å²) in [5.74, 6) is -0.760. The lowest BCUT2D eigenvalue weighted by Gasteiger charge is -2.23. The van der Waals surface area contributed by atoms with Crippen LogP contribution < -0.4 is 16.2 Å². The van der Waals surface area contributed by atoms with E-state index in [-0.39, 0.29) is 23.7 Å². The number of benzene rings is 2. The van der Waals surface area contributed by atoms with Crippen molar-refractivity contribution in [1.82, 2.24) is 9.97 Å². The molecular formula is C23H22N4O3S. The summed E-state index contributed by atoms with van der Waals surface area (Å²) in [6.07, 6.45) is 0.718. The molecule has 31 heavy (non-hydrogen) atoms. The molecule has 1 unspecified atom stereocenters. The maximum absolute atomic E-state index is 12.9. The van der Waals surface area contributed by atoms with Crippen molar-refractivity contribution >= 4 is 35.1 Å². The fourth-order valence-electron chi connectivity index (χ4n) is 3.49. The molecule has 1 atom stereocenters. The monoisotopic (exact) mass is 434 g/mol. The second-order valence-electron chi connectivity index (χ2n) is 7.33. The zero-order valence-corrected chi connectivity index (χ0v) is 17.8. The van der Waals surface area contributed by atoms with E-state index in [0.717, 1.165) is 17.7 Å². The molecule has 0 radical (unpaired) electrons. The number of aromatic amines is 1. The van der Waals surface area contributed by atoms with Crippen LogP contribution >= 0.6 is 11.8 Å². The third-order valence-corrected chi connectivity index (χ3v) is 6.00. The van der Waals surface area contributed by atoms with Gasteiger partial charge in [0.1, 0.15) is 5.82 Å². The Kier molecular flexibility index (Phi) is 6.18. The average Bonchev–Trinajstić information content (AvgIpc) is 2.75. The fourth-order valence-corrected chi connectivity index (χ4v) is 4.34. The van der Waals surface area contributed by atoms with Gasteiger partial charge in [-0.15, -0.1) is 0 Å². The Labute approximate surface area is 183 Å². The number of nitrogens with zero attached hydrogens (tertiary/aromatic N) is 1. The summed E-state index contributed by atoms with van der Waals surface area (Å²) < 4.78 is 0. The van der Waals surface area contributed by atoms with E-state index in [1.54, 1.807) is 6.07 Å². The smallest absolute Gasteiger partial charge is 0.257 e. The van der Waals surface area contributed by atoms with Gasteiger partial charge in [-0.25, -0.2) is 4.98 Å². The molecule has 0 bridgehead atoms. The second kappa shape index (κ2) is 9.18. The molecule has 0 saturated carbocycles. The molecule has 7 nitrogen and oxygen atoms in total. The number of aromatic nitrogens is 2. The van der Waals surface area contributed by atoms with Crippen LogP contribution in [0.3, 0.4) is 0 Å². The van der Waals surface area contributed by atoms with E-state index in [4.69, 9.17) is 0 Å². The second-order valence-corrected chi connectivity index (χ2v) is 8.41. The Morgan fingerprint density at radius 3 is 2.65 bits per heavy atom. The third kappa shape index (κ3) is 4.86. The predicted octanol–water partition coefficient (Wildman–Crippen LogP) is 3.48. The van der Waals surface area contributed by atoms with E-state index in [1.807, 2.05) is 55.5 Å². The highest BCUT2D eigenvalue weighted by atomic mass is 32.2. The molecular weight excluding hydrogens is 412 g/mol. The van der Waals surface area contributed by atoms with Gasteiger partial charge in [0.25, 0.3) is 5.56 Å². The van der Waals surface area contributed by atoms with E-state index in [9.17, 15) is 14.4 Å². The SMILES string of the molecule is Cc1ccccc1NC(=O)C1CC(=O)Nc2nc(SCCc3ccccc3)[nH]c(=O)c21. The normalized spacial score (nSPS) is 15.1. The summed E-state index contributed by atoms with van der Waals surface area (Å²) in [6, 6.07) is 17.4. The average molecular weight is 435 g/mol. The number of anilines is 2. The number of thioether (sulfide) groups is 1. The summed E-state index contributed by atoms with van der Waals surface area (Å²) >= 11 is 1.40. The van der Waals surface area contributed by atoms with Crippen molar-refractivity contribution in [2.45, 2.75) is 30.8 Å². The minimum atomic E-state index is -0.900. The maximum Gasteiger partial charge on any atom is 0.257 e. The van der Waals surface area contributed by atoms with Crippen LogP contribution in [0.15, 0.2) is 64.5 Å². The van der Waals surface area contributed by atoms with E-state index in [1.165, 1.54) is 17.3 Å². The molecule has 3 N–H and O–H groups in total. The van der Waals surface area contributed by atoms with Crippen LogP contribution in [0.2, 0.25) is 0 Å². The number of carbonyl (C=O) groups is 2. The highest BCUT2D eigenvalue weighted by molar-refractivity contribution is 7.99. The lowest BCUT2D eigenvalue weighted by atomic mass is 9.92. The molecule has 8 heteroatoms. The zero-order valence-electron chi connectivity index (χ0n) is 17.0. The Balaban J connectivity index is 1.53. The van der Waals surface area contributed by atoms with Crippen molar-refractivity contribution in [3.8, 4) is 0 Å². The van der Waals surface area contributed by atoms with Crippen molar-refractivity contribution in [3.05, 3.63) is 81.6 Å². The first-order valence-electron chi connectivity index (χ1n) is 9.98. The van der Waals surface area contributed by atoms with Gasteiger partial charge < -0.3 is 15.6 Å². The quantitative estimate of drug-likeness (QED) is 0.407. The number of para-hydroxylation sites is 1. The summed E-state index contributed by atoms with van der Waals surface area (Å²) in [7, 11) is 0. The molecule has 0 fully saturated rings. The number of fused-ring (bicyclic) bond motifs is 1. The van der Waals surface area contributed by atoms with Gasteiger partial charge in [0.05, 0.1) is 11.5 Å². The van der Waals surface area contributed by atoms with Crippen molar-refractivity contribution in [2.24, 2.45) is 0 Å². The summed E-state index contributed by atoms with van der Waals surface area (Å²) in [4.78, 5) is 45.1. The minimum Gasteiger partial charge on any atom is -0.325 e. The number of rotatable bonds is 6. The number of carbonyl (C=O) groups excluding carboxylic acids is 2. The van der Waals surface area contributed by atoms with E-state index in [0.29, 0.717) is 10.8 Å². The lowest BCUT2D eigenvalue weighted by Crippen LogP contribution is -2.36. The molecule has 0 saturated heterocycles. The predicted molar refractivity (Wildman–Crippen MR) is 122 cm³/mol. The third-order valence-electron chi connectivity index (χ3n) is 5.12. The Bertz CT molecular complexity index is 1180. The zero-order chi connectivity index (χ0) is 21.8. The molecule has 1 aliphatic rings. The molecule has 3 aromatic rings. The summed E-state index contributed by atoms with van der Waals surface area (Å²) in [6.45, 7) is 1.88. The largest absolute Gasteiger partial charge is 0.325 e. The first kappa shape index (κ1) is 20.9. The minimum absolute atomic E-state index is 0.101. The van der Waals surface area contributed by atoms with Crippen molar-refractivity contribution in [3.63, 3.8) is 0 Å². The molecule has 1 aliphatic heterocycles.